The summed E-state index contributed by atoms with van der Waals surface area (Å²) >= 11 is 3.74. The summed E-state index contributed by atoms with van der Waals surface area (Å²) in [5.74, 6) is 1.70. The summed E-state index contributed by atoms with van der Waals surface area (Å²) in [5.41, 5.74) is 6.89. The summed E-state index contributed by atoms with van der Waals surface area (Å²) in [5, 5.41) is 2.61. The maximum absolute atomic E-state index is 5.65. The van der Waals surface area contributed by atoms with Crippen molar-refractivity contribution >= 4 is 45.1 Å². The summed E-state index contributed by atoms with van der Waals surface area (Å²) in [6.45, 7) is 13.6. The highest BCUT2D eigenvalue weighted by atomic mass is 32.2. The molecule has 186 valence electrons. The van der Waals surface area contributed by atoms with Crippen molar-refractivity contribution in [2.45, 2.75) is 58.9 Å². The molecule has 0 spiro atoms. The smallest absolute Gasteiger partial charge is 0.263 e. The molecule has 0 bridgehead atoms. The minimum atomic E-state index is 0.216. The van der Waals surface area contributed by atoms with Gasteiger partial charge in [-0.3, -0.25) is 0 Å². The Morgan fingerprint density at radius 1 is 1.06 bits per heavy atom. The molecule has 0 radical (unpaired) electrons. The van der Waals surface area contributed by atoms with Crippen molar-refractivity contribution in [2.24, 2.45) is 5.41 Å². The summed E-state index contributed by atoms with van der Waals surface area (Å²) in [6, 6.07) is 11.1. The fourth-order valence-corrected chi connectivity index (χ4v) is 8.10. The van der Waals surface area contributed by atoms with E-state index in [1.165, 1.54) is 47.5 Å². The van der Waals surface area contributed by atoms with Gasteiger partial charge in [-0.05, 0) is 67.9 Å². The Balaban J connectivity index is 1.37. The fraction of sp³-hybridized carbons (Fsp3) is 0.367. The fourth-order valence-electron chi connectivity index (χ4n) is 5.58. The van der Waals surface area contributed by atoms with E-state index in [4.69, 9.17) is 9.47 Å². The predicted molar refractivity (Wildman–Crippen MR) is 151 cm³/mol. The maximum Gasteiger partial charge on any atom is 0.263 e. The van der Waals surface area contributed by atoms with Crippen molar-refractivity contribution in [1.82, 2.24) is 0 Å². The molecule has 0 saturated heterocycles. The van der Waals surface area contributed by atoms with E-state index in [0.29, 0.717) is 6.79 Å². The van der Waals surface area contributed by atoms with Gasteiger partial charge in [-0.1, -0.05) is 49.1 Å². The number of thiazole rings is 1. The molecule has 4 nitrogen and oxygen atoms in total. The molecular weight excluding hydrogens is 484 g/mol. The summed E-state index contributed by atoms with van der Waals surface area (Å²) < 4.78 is 15.1. The number of rotatable bonds is 4. The van der Waals surface area contributed by atoms with Crippen LogP contribution in [-0.4, -0.2) is 13.3 Å². The number of thioether (sulfide) groups is 1. The lowest BCUT2D eigenvalue weighted by Gasteiger charge is -2.31. The minimum absolute atomic E-state index is 0.216. The zero-order chi connectivity index (χ0) is 25.0. The van der Waals surface area contributed by atoms with Crippen LogP contribution in [0.2, 0.25) is 0 Å². The average molecular weight is 518 g/mol. The molecule has 0 atom stereocenters. The van der Waals surface area contributed by atoms with Gasteiger partial charge >= 0.3 is 0 Å². The van der Waals surface area contributed by atoms with Crippen LogP contribution in [0.25, 0.3) is 16.3 Å². The average Bonchev–Trinajstić information content (AvgIpc) is 3.49. The van der Waals surface area contributed by atoms with Gasteiger partial charge in [-0.15, -0.1) is 0 Å². The number of anilines is 1. The molecule has 6 rings (SSSR count). The molecule has 0 N–H and O–H groups in total. The Labute approximate surface area is 221 Å². The predicted octanol–water partition coefficient (Wildman–Crippen LogP) is 7.85. The van der Waals surface area contributed by atoms with Crippen LogP contribution < -0.4 is 18.9 Å². The van der Waals surface area contributed by atoms with E-state index in [0.717, 1.165) is 37.4 Å². The third-order valence-electron chi connectivity index (χ3n) is 7.10. The van der Waals surface area contributed by atoms with E-state index in [9.17, 15) is 0 Å². The van der Waals surface area contributed by atoms with E-state index < -0.39 is 0 Å². The Morgan fingerprint density at radius 3 is 2.64 bits per heavy atom. The Bertz CT molecular complexity index is 1460. The van der Waals surface area contributed by atoms with Gasteiger partial charge in [-0.2, -0.15) is 4.57 Å². The summed E-state index contributed by atoms with van der Waals surface area (Å²) in [6.07, 6.45) is 9.42. The van der Waals surface area contributed by atoms with Crippen LogP contribution in [0.3, 0.4) is 0 Å². The van der Waals surface area contributed by atoms with Crippen LogP contribution in [0.4, 0.5) is 5.69 Å². The molecule has 1 aromatic heterocycles. The molecule has 6 heteroatoms. The Hall–Kier alpha value is -2.70. The van der Waals surface area contributed by atoms with Crippen LogP contribution in [-0.2, 0) is 6.54 Å². The van der Waals surface area contributed by atoms with Crippen molar-refractivity contribution in [3.63, 3.8) is 0 Å². The van der Waals surface area contributed by atoms with Gasteiger partial charge in [0, 0.05) is 35.7 Å². The van der Waals surface area contributed by atoms with Gasteiger partial charge in [0.1, 0.15) is 11.2 Å². The second-order valence-electron chi connectivity index (χ2n) is 10.6. The quantitative estimate of drug-likeness (QED) is 0.329. The number of nitrogens with zero attached hydrogens (tertiary/aromatic N) is 2. The van der Waals surface area contributed by atoms with Crippen molar-refractivity contribution in [3.8, 4) is 11.5 Å². The van der Waals surface area contributed by atoms with E-state index >= 15 is 0 Å². The van der Waals surface area contributed by atoms with Gasteiger partial charge in [0.2, 0.25) is 12.3 Å². The molecule has 2 aliphatic heterocycles. The number of benzene rings is 2. The first-order valence-corrected chi connectivity index (χ1v) is 14.4. The number of allylic oxidation sites excluding steroid dienone is 4. The van der Waals surface area contributed by atoms with Crippen LogP contribution in [0.1, 0.15) is 51.1 Å². The van der Waals surface area contributed by atoms with Gasteiger partial charge in [0.25, 0.3) is 5.01 Å². The minimum Gasteiger partial charge on any atom is -0.454 e. The Morgan fingerprint density at radius 2 is 1.86 bits per heavy atom. The topological polar surface area (TPSA) is 25.6 Å². The second kappa shape index (κ2) is 9.00. The first-order chi connectivity index (χ1) is 17.3. The molecule has 1 aliphatic carbocycles. The number of aromatic nitrogens is 1. The van der Waals surface area contributed by atoms with Gasteiger partial charge in [0.15, 0.2) is 11.5 Å². The Kier molecular flexibility index (Phi) is 5.92. The van der Waals surface area contributed by atoms with Crippen LogP contribution in [0.5, 0.6) is 11.5 Å². The van der Waals surface area contributed by atoms with E-state index in [-0.39, 0.29) is 5.41 Å². The van der Waals surface area contributed by atoms with E-state index in [1.807, 2.05) is 23.1 Å². The molecule has 3 heterocycles. The van der Waals surface area contributed by atoms with Crippen molar-refractivity contribution in [2.75, 3.05) is 18.2 Å². The third-order valence-corrected chi connectivity index (χ3v) is 9.29. The first-order valence-electron chi connectivity index (χ1n) is 12.8. The van der Waals surface area contributed by atoms with Gasteiger partial charge in [0.05, 0.1) is 10.7 Å². The van der Waals surface area contributed by atoms with Crippen molar-refractivity contribution < 1.29 is 14.0 Å². The van der Waals surface area contributed by atoms with Crippen molar-refractivity contribution in [1.29, 1.82) is 0 Å². The molecule has 0 fully saturated rings. The van der Waals surface area contributed by atoms with E-state index in [2.05, 4.69) is 92.6 Å². The van der Waals surface area contributed by atoms with Crippen LogP contribution >= 0.6 is 23.1 Å². The molecule has 0 saturated carbocycles. The van der Waals surface area contributed by atoms with E-state index in [1.54, 1.807) is 0 Å². The zero-order valence-corrected chi connectivity index (χ0v) is 23.3. The lowest BCUT2D eigenvalue weighted by Crippen LogP contribution is -2.33. The highest BCUT2D eigenvalue weighted by Gasteiger charge is 2.31. The molecule has 3 aliphatic rings. The van der Waals surface area contributed by atoms with Gasteiger partial charge < -0.3 is 14.4 Å². The van der Waals surface area contributed by atoms with Gasteiger partial charge in [-0.25, -0.2) is 0 Å². The lowest BCUT2D eigenvalue weighted by atomic mass is 9.75. The first kappa shape index (κ1) is 23.7. The highest BCUT2D eigenvalue weighted by molar-refractivity contribution is 8.03. The molecular formula is C30H33N2O2S2+. The normalized spacial score (nSPS) is 20.5. The summed E-state index contributed by atoms with van der Waals surface area (Å²) in [4.78, 5) is 3.64. The molecule has 0 amide bonds. The molecule has 3 aromatic rings. The van der Waals surface area contributed by atoms with Crippen LogP contribution in [0.15, 0.2) is 63.6 Å². The standard InChI is InChI=1S/C30H33N2O2S2/c1-6-31-22-9-8-19(3)10-26(22)35-28(31)12-20-11-21(17-30(4,5)16-20)13-29-32(7-2)23-14-24-25(34-18-33-24)15-27(23)36-29/h8-15H,6-7,16-18H2,1-5H3/q+1. The SMILES string of the molecule is CCN1/C(=C/C2=CC(=C/c3sc4cc(C)ccc4[n+]3CC)/CC(C)(C)C2)Sc2cc3c(cc21)OCO3. The largest absolute Gasteiger partial charge is 0.454 e. The summed E-state index contributed by atoms with van der Waals surface area (Å²) in [7, 11) is 0. The monoisotopic (exact) mass is 517 g/mol. The number of aryl methyl sites for hydroxylation is 2. The number of ether oxygens (including phenoxy) is 2. The third kappa shape index (κ3) is 4.24. The van der Waals surface area contributed by atoms with Crippen LogP contribution in [0, 0.1) is 12.3 Å². The number of hydrogen-bond acceptors (Lipinski definition) is 5. The number of hydrogen-bond donors (Lipinski definition) is 0. The zero-order valence-electron chi connectivity index (χ0n) is 21.7. The molecule has 0 unspecified atom stereocenters. The lowest BCUT2D eigenvalue weighted by molar-refractivity contribution is -0.665. The highest BCUT2D eigenvalue weighted by Crippen LogP contribution is 2.52. The molecule has 36 heavy (non-hydrogen) atoms. The second-order valence-corrected chi connectivity index (χ2v) is 12.7. The maximum atomic E-state index is 5.65. The van der Waals surface area contributed by atoms with Crippen molar-refractivity contribution in [3.05, 3.63) is 69.2 Å². The molecule has 2 aromatic carbocycles. The number of fused-ring (bicyclic) bond motifs is 3.